The number of rotatable bonds is 4. The highest BCUT2D eigenvalue weighted by Gasteiger charge is 2.20. The van der Waals surface area contributed by atoms with E-state index in [1.54, 1.807) is 0 Å². The van der Waals surface area contributed by atoms with Crippen molar-refractivity contribution in [3.8, 4) is 11.5 Å². The second-order valence-corrected chi connectivity index (χ2v) is 5.84. The van der Waals surface area contributed by atoms with Gasteiger partial charge in [-0.05, 0) is 37.1 Å². The van der Waals surface area contributed by atoms with Crippen LogP contribution in [0.1, 0.15) is 31.9 Å². The van der Waals surface area contributed by atoms with Gasteiger partial charge in [0.1, 0.15) is 13.2 Å². The Balaban J connectivity index is 2.31. The highest BCUT2D eigenvalue weighted by Crippen LogP contribution is 2.39. The van der Waals surface area contributed by atoms with Crippen molar-refractivity contribution in [2.75, 3.05) is 20.3 Å². The fraction of sp³-hybridized carbons (Fsp3) is 0.571. The molecule has 0 saturated carbocycles. The summed E-state index contributed by atoms with van der Waals surface area (Å²) in [5.41, 5.74) is 1.23. The third-order valence-corrected chi connectivity index (χ3v) is 3.78. The van der Waals surface area contributed by atoms with Crippen molar-refractivity contribution < 1.29 is 9.47 Å². The van der Waals surface area contributed by atoms with Crippen molar-refractivity contribution in [2.45, 2.75) is 26.3 Å². The molecule has 0 spiro atoms. The molecule has 2 rings (SSSR count). The molecule has 1 aliphatic heterocycles. The van der Waals surface area contributed by atoms with Crippen molar-refractivity contribution in [1.82, 2.24) is 5.32 Å². The van der Waals surface area contributed by atoms with Crippen LogP contribution < -0.4 is 14.8 Å². The highest BCUT2D eigenvalue weighted by atomic mass is 79.9. The van der Waals surface area contributed by atoms with Gasteiger partial charge in [0.15, 0.2) is 11.5 Å². The van der Waals surface area contributed by atoms with E-state index in [2.05, 4.69) is 41.2 Å². The van der Waals surface area contributed by atoms with E-state index in [-0.39, 0.29) is 0 Å². The van der Waals surface area contributed by atoms with Crippen LogP contribution in [0.25, 0.3) is 0 Å². The normalized spacial score (nSPS) is 15.8. The summed E-state index contributed by atoms with van der Waals surface area (Å²) in [5, 5.41) is 3.37. The predicted molar refractivity (Wildman–Crippen MR) is 76.4 cm³/mol. The van der Waals surface area contributed by atoms with E-state index < -0.39 is 0 Å². The van der Waals surface area contributed by atoms with E-state index >= 15 is 0 Å². The van der Waals surface area contributed by atoms with Crippen LogP contribution in [0.5, 0.6) is 11.5 Å². The minimum absolute atomic E-state index is 0.329. The Labute approximate surface area is 117 Å². The van der Waals surface area contributed by atoms with Crippen molar-refractivity contribution >= 4 is 15.9 Å². The predicted octanol–water partition coefficient (Wildman–Crippen LogP) is 3.53. The number of ether oxygens (including phenoxy) is 2. The van der Waals surface area contributed by atoms with E-state index in [4.69, 9.17) is 9.47 Å². The maximum Gasteiger partial charge on any atom is 0.162 e. The molecule has 0 fully saturated rings. The molecule has 0 amide bonds. The summed E-state index contributed by atoms with van der Waals surface area (Å²) in [4.78, 5) is 0. The van der Waals surface area contributed by atoms with E-state index in [1.165, 1.54) is 5.56 Å². The topological polar surface area (TPSA) is 30.5 Å². The first-order valence-electron chi connectivity index (χ1n) is 6.38. The lowest BCUT2D eigenvalue weighted by Crippen LogP contribution is -2.20. The molecular weight excluding hydrogens is 294 g/mol. The zero-order chi connectivity index (χ0) is 13.1. The molecule has 1 unspecified atom stereocenters. The summed E-state index contributed by atoms with van der Waals surface area (Å²) < 4.78 is 12.3. The number of fused-ring (bicyclic) bond motifs is 1. The van der Waals surface area contributed by atoms with Crippen LogP contribution in [0.2, 0.25) is 0 Å². The number of nitrogens with one attached hydrogen (secondary N) is 1. The van der Waals surface area contributed by atoms with Gasteiger partial charge in [-0.2, -0.15) is 0 Å². The Hall–Kier alpha value is -0.740. The largest absolute Gasteiger partial charge is 0.486 e. The molecule has 1 heterocycles. The van der Waals surface area contributed by atoms with E-state index in [9.17, 15) is 0 Å². The first-order valence-corrected chi connectivity index (χ1v) is 7.17. The average Bonchev–Trinajstić information content (AvgIpc) is 2.35. The summed E-state index contributed by atoms with van der Waals surface area (Å²) in [6.45, 7) is 5.72. The molecule has 0 aliphatic carbocycles. The third kappa shape index (κ3) is 2.98. The molecule has 1 atom stereocenters. The second-order valence-electron chi connectivity index (χ2n) is 4.99. The zero-order valence-corrected chi connectivity index (χ0v) is 12.7. The van der Waals surface area contributed by atoms with Gasteiger partial charge < -0.3 is 14.8 Å². The minimum atomic E-state index is 0.329. The molecule has 3 nitrogen and oxygen atoms in total. The molecule has 0 saturated heterocycles. The Morgan fingerprint density at radius 2 is 1.83 bits per heavy atom. The van der Waals surface area contributed by atoms with E-state index in [1.807, 2.05) is 13.1 Å². The smallest absolute Gasteiger partial charge is 0.162 e. The Morgan fingerprint density at radius 1 is 1.22 bits per heavy atom. The first-order chi connectivity index (χ1) is 8.61. The van der Waals surface area contributed by atoms with Gasteiger partial charge in [-0.15, -0.1) is 0 Å². The monoisotopic (exact) mass is 313 g/mol. The fourth-order valence-electron chi connectivity index (χ4n) is 2.22. The van der Waals surface area contributed by atoms with Gasteiger partial charge >= 0.3 is 0 Å². The first kappa shape index (κ1) is 13.7. The van der Waals surface area contributed by atoms with Gasteiger partial charge in [0.2, 0.25) is 0 Å². The highest BCUT2D eigenvalue weighted by molar-refractivity contribution is 9.10. The summed E-state index contributed by atoms with van der Waals surface area (Å²) in [7, 11) is 2.00. The molecule has 1 N–H and O–H groups in total. The molecule has 18 heavy (non-hydrogen) atoms. The van der Waals surface area contributed by atoms with Crippen LogP contribution >= 0.6 is 15.9 Å². The van der Waals surface area contributed by atoms with Gasteiger partial charge in [0, 0.05) is 10.5 Å². The fourth-order valence-corrected chi connectivity index (χ4v) is 2.82. The number of hydrogen-bond acceptors (Lipinski definition) is 3. The van der Waals surface area contributed by atoms with Crippen LogP contribution in [-0.4, -0.2) is 20.3 Å². The SMILES string of the molecule is CNC(CC(C)C)c1cc2c(cc1Br)OCCO2. The molecular formula is C14H20BrNO2. The van der Waals surface area contributed by atoms with Gasteiger partial charge in [-0.25, -0.2) is 0 Å². The van der Waals surface area contributed by atoms with Crippen LogP contribution in [0.15, 0.2) is 16.6 Å². The van der Waals surface area contributed by atoms with Crippen molar-refractivity contribution in [1.29, 1.82) is 0 Å². The van der Waals surface area contributed by atoms with Gasteiger partial charge in [0.05, 0.1) is 0 Å². The Bertz CT molecular complexity index is 421. The molecule has 1 aromatic rings. The molecule has 4 heteroatoms. The Morgan fingerprint density at radius 3 is 2.39 bits per heavy atom. The van der Waals surface area contributed by atoms with Crippen LogP contribution in [0.4, 0.5) is 0 Å². The molecule has 0 bridgehead atoms. The van der Waals surface area contributed by atoms with E-state index in [0.717, 1.165) is 22.4 Å². The average molecular weight is 314 g/mol. The van der Waals surface area contributed by atoms with Crippen LogP contribution in [0, 0.1) is 5.92 Å². The van der Waals surface area contributed by atoms with Crippen molar-refractivity contribution in [2.24, 2.45) is 5.92 Å². The lowest BCUT2D eigenvalue weighted by molar-refractivity contribution is 0.171. The zero-order valence-electron chi connectivity index (χ0n) is 11.1. The summed E-state index contributed by atoms with van der Waals surface area (Å²) in [6, 6.07) is 4.42. The van der Waals surface area contributed by atoms with Crippen LogP contribution in [-0.2, 0) is 0 Å². The van der Waals surface area contributed by atoms with Gasteiger partial charge in [0.25, 0.3) is 0 Å². The number of halogens is 1. The van der Waals surface area contributed by atoms with Crippen molar-refractivity contribution in [3.05, 3.63) is 22.2 Å². The molecule has 1 aliphatic rings. The lowest BCUT2D eigenvalue weighted by Gasteiger charge is -2.24. The summed E-state index contributed by atoms with van der Waals surface area (Å²) in [6.07, 6.45) is 1.09. The summed E-state index contributed by atoms with van der Waals surface area (Å²) >= 11 is 3.63. The maximum atomic E-state index is 5.65. The van der Waals surface area contributed by atoms with Gasteiger partial charge in [-0.1, -0.05) is 29.8 Å². The maximum absolute atomic E-state index is 5.65. The minimum Gasteiger partial charge on any atom is -0.486 e. The number of benzene rings is 1. The van der Waals surface area contributed by atoms with E-state index in [0.29, 0.717) is 25.2 Å². The molecule has 100 valence electrons. The third-order valence-electron chi connectivity index (χ3n) is 3.09. The molecule has 0 radical (unpaired) electrons. The quantitative estimate of drug-likeness (QED) is 0.922. The Kier molecular flexibility index (Phi) is 4.51. The number of hydrogen-bond donors (Lipinski definition) is 1. The lowest BCUT2D eigenvalue weighted by atomic mass is 9.97. The van der Waals surface area contributed by atoms with Crippen LogP contribution in [0.3, 0.4) is 0 Å². The van der Waals surface area contributed by atoms with Gasteiger partial charge in [-0.3, -0.25) is 0 Å². The van der Waals surface area contributed by atoms with Crippen molar-refractivity contribution in [3.63, 3.8) is 0 Å². The second kappa shape index (κ2) is 5.93. The molecule has 0 aromatic heterocycles. The summed E-state index contributed by atoms with van der Waals surface area (Å²) in [5.74, 6) is 2.32. The standard InChI is InChI=1S/C14H20BrNO2/c1-9(2)6-12(16-3)10-7-13-14(8-11(10)15)18-5-4-17-13/h7-9,12,16H,4-6H2,1-3H3. The molecule has 1 aromatic carbocycles.